The van der Waals surface area contributed by atoms with Crippen LogP contribution in [0.2, 0.25) is 5.02 Å². The normalized spacial score (nSPS) is 13.1. The standard InChI is InChI=1S/C36H45ClN4O9/c1-8-16-47-30-20-28(40-41(30)7)32(43)38-27(17-23-12-14-24(15-13-23)25-10-9-11-26(37)18-25)19-29(42)33(44)48-21-49-34(45)31(22(2)3)39-35(46)50-36(4,5)6/h8-15,18,20,22,27,29,31,42H,1,16-17,19,21H2,2-7H3,(H,38,43)(H,39,46)/t27-,29-,31+/m1/s1. The van der Waals surface area contributed by atoms with Gasteiger partial charge in [-0.05, 0) is 61.9 Å². The molecule has 0 saturated heterocycles. The van der Waals surface area contributed by atoms with E-state index in [-0.39, 0.29) is 31.1 Å². The molecule has 1 heterocycles. The van der Waals surface area contributed by atoms with Gasteiger partial charge in [0, 0.05) is 30.6 Å². The van der Waals surface area contributed by atoms with Gasteiger partial charge in [-0.2, -0.15) is 5.10 Å². The fourth-order valence-corrected chi connectivity index (χ4v) is 4.90. The summed E-state index contributed by atoms with van der Waals surface area (Å²) in [4.78, 5) is 50.9. The molecule has 14 heteroatoms. The summed E-state index contributed by atoms with van der Waals surface area (Å²) in [6.07, 6.45) is -0.943. The van der Waals surface area contributed by atoms with Gasteiger partial charge in [0.15, 0.2) is 11.8 Å². The third-order valence-corrected chi connectivity index (χ3v) is 7.36. The number of rotatable bonds is 16. The number of aliphatic hydroxyl groups excluding tert-OH is 1. The lowest BCUT2D eigenvalue weighted by atomic mass is 9.97. The Labute approximate surface area is 296 Å². The second kappa shape index (κ2) is 18.2. The third-order valence-electron chi connectivity index (χ3n) is 7.12. The Kier molecular flexibility index (Phi) is 14.4. The summed E-state index contributed by atoms with van der Waals surface area (Å²) in [6, 6.07) is 14.6. The van der Waals surface area contributed by atoms with Crippen LogP contribution in [-0.4, -0.2) is 76.0 Å². The molecule has 0 unspecified atom stereocenters. The number of esters is 2. The van der Waals surface area contributed by atoms with E-state index in [0.717, 1.165) is 16.7 Å². The molecule has 0 aliphatic carbocycles. The summed E-state index contributed by atoms with van der Waals surface area (Å²) in [6.45, 7) is 11.5. The Bertz CT molecular complexity index is 1630. The molecule has 3 N–H and O–H groups in total. The fourth-order valence-electron chi connectivity index (χ4n) is 4.71. The molecule has 0 fully saturated rings. The summed E-state index contributed by atoms with van der Waals surface area (Å²) in [7, 11) is 1.62. The number of aliphatic hydroxyl groups is 1. The first-order chi connectivity index (χ1) is 23.6. The van der Waals surface area contributed by atoms with E-state index in [2.05, 4.69) is 22.3 Å². The van der Waals surface area contributed by atoms with E-state index in [4.69, 9.17) is 30.5 Å². The molecule has 0 bridgehead atoms. The Morgan fingerprint density at radius 3 is 2.30 bits per heavy atom. The number of halogens is 1. The van der Waals surface area contributed by atoms with E-state index < -0.39 is 54.5 Å². The van der Waals surface area contributed by atoms with Crippen molar-refractivity contribution in [2.75, 3.05) is 13.4 Å². The van der Waals surface area contributed by atoms with Crippen LogP contribution in [0.4, 0.5) is 4.79 Å². The van der Waals surface area contributed by atoms with E-state index in [0.29, 0.717) is 10.9 Å². The number of hydrogen-bond donors (Lipinski definition) is 3. The lowest BCUT2D eigenvalue weighted by Crippen LogP contribution is -2.47. The molecule has 2 aromatic carbocycles. The van der Waals surface area contributed by atoms with Crippen molar-refractivity contribution in [3.63, 3.8) is 0 Å². The zero-order chi connectivity index (χ0) is 37.0. The van der Waals surface area contributed by atoms with Crippen molar-refractivity contribution < 1.29 is 43.2 Å². The molecular weight excluding hydrogens is 668 g/mol. The van der Waals surface area contributed by atoms with Crippen molar-refractivity contribution in [2.24, 2.45) is 13.0 Å². The Balaban J connectivity index is 1.68. The highest BCUT2D eigenvalue weighted by Crippen LogP contribution is 2.24. The summed E-state index contributed by atoms with van der Waals surface area (Å²) in [5, 5.41) is 20.9. The molecule has 0 radical (unpaired) electrons. The van der Waals surface area contributed by atoms with Crippen molar-refractivity contribution in [1.82, 2.24) is 20.4 Å². The summed E-state index contributed by atoms with van der Waals surface area (Å²) >= 11 is 6.15. The topological polar surface area (TPSA) is 167 Å². The highest BCUT2D eigenvalue weighted by atomic mass is 35.5. The minimum absolute atomic E-state index is 0.0662. The largest absolute Gasteiger partial charge is 0.474 e. The van der Waals surface area contributed by atoms with Crippen LogP contribution in [0.25, 0.3) is 11.1 Å². The molecule has 50 heavy (non-hydrogen) atoms. The number of alkyl carbamates (subject to hydrolysis) is 1. The average Bonchev–Trinajstić information content (AvgIpc) is 3.42. The van der Waals surface area contributed by atoms with Crippen molar-refractivity contribution >= 4 is 35.5 Å². The number of aryl methyl sites for hydroxylation is 1. The maximum absolute atomic E-state index is 13.3. The van der Waals surface area contributed by atoms with Crippen LogP contribution in [-0.2, 0) is 37.3 Å². The van der Waals surface area contributed by atoms with Gasteiger partial charge in [0.1, 0.15) is 18.2 Å². The minimum atomic E-state index is -1.69. The molecule has 13 nitrogen and oxygen atoms in total. The van der Waals surface area contributed by atoms with Crippen molar-refractivity contribution in [3.8, 4) is 17.0 Å². The molecular formula is C36H45ClN4O9. The van der Waals surface area contributed by atoms with Gasteiger partial charge in [0.25, 0.3) is 5.91 Å². The molecule has 3 atom stereocenters. The van der Waals surface area contributed by atoms with E-state index in [1.807, 2.05) is 42.5 Å². The maximum atomic E-state index is 13.3. The Morgan fingerprint density at radius 2 is 1.68 bits per heavy atom. The van der Waals surface area contributed by atoms with Crippen LogP contribution in [0, 0.1) is 5.92 Å². The second-order valence-corrected chi connectivity index (χ2v) is 13.3. The quantitative estimate of drug-likeness (QED) is 0.105. The lowest BCUT2D eigenvalue weighted by molar-refractivity contribution is -0.175. The molecule has 2 amide bonds. The van der Waals surface area contributed by atoms with Gasteiger partial charge in [0.2, 0.25) is 12.7 Å². The van der Waals surface area contributed by atoms with E-state index in [1.54, 1.807) is 53.8 Å². The van der Waals surface area contributed by atoms with Crippen LogP contribution in [0.3, 0.4) is 0 Å². The van der Waals surface area contributed by atoms with Gasteiger partial charge >= 0.3 is 18.0 Å². The highest BCUT2D eigenvalue weighted by molar-refractivity contribution is 6.30. The minimum Gasteiger partial charge on any atom is -0.474 e. The molecule has 1 aromatic heterocycles. The predicted octanol–water partition coefficient (Wildman–Crippen LogP) is 4.99. The zero-order valence-corrected chi connectivity index (χ0v) is 29.9. The van der Waals surface area contributed by atoms with Crippen LogP contribution >= 0.6 is 11.6 Å². The molecule has 270 valence electrons. The third kappa shape index (κ3) is 12.5. The molecule has 0 aliphatic rings. The van der Waals surface area contributed by atoms with E-state index in [1.165, 1.54) is 10.7 Å². The van der Waals surface area contributed by atoms with Crippen LogP contribution < -0.4 is 15.4 Å². The van der Waals surface area contributed by atoms with Crippen LogP contribution in [0.15, 0.2) is 67.3 Å². The Morgan fingerprint density at radius 1 is 1.00 bits per heavy atom. The number of nitrogens with one attached hydrogen (secondary N) is 2. The number of ether oxygens (including phenoxy) is 4. The number of nitrogens with zero attached hydrogens (tertiary/aromatic N) is 2. The fraction of sp³-hybridized carbons (Fsp3) is 0.417. The van der Waals surface area contributed by atoms with E-state index >= 15 is 0 Å². The van der Waals surface area contributed by atoms with Crippen LogP contribution in [0.5, 0.6) is 5.88 Å². The highest BCUT2D eigenvalue weighted by Gasteiger charge is 2.30. The van der Waals surface area contributed by atoms with Crippen molar-refractivity contribution in [2.45, 2.75) is 71.2 Å². The maximum Gasteiger partial charge on any atom is 0.408 e. The number of benzene rings is 2. The van der Waals surface area contributed by atoms with Crippen LogP contribution in [0.1, 0.15) is 57.1 Å². The first kappa shape index (κ1) is 39.6. The van der Waals surface area contributed by atoms with Crippen molar-refractivity contribution in [3.05, 3.63) is 83.5 Å². The van der Waals surface area contributed by atoms with Crippen molar-refractivity contribution in [1.29, 1.82) is 0 Å². The van der Waals surface area contributed by atoms with Gasteiger partial charge in [-0.25, -0.2) is 19.1 Å². The van der Waals surface area contributed by atoms with Gasteiger partial charge in [-0.3, -0.25) is 4.79 Å². The van der Waals surface area contributed by atoms with Gasteiger partial charge in [-0.15, -0.1) is 0 Å². The first-order valence-corrected chi connectivity index (χ1v) is 16.4. The summed E-state index contributed by atoms with van der Waals surface area (Å²) in [5.74, 6) is -2.51. The summed E-state index contributed by atoms with van der Waals surface area (Å²) < 4.78 is 22.2. The molecule has 3 aromatic rings. The molecule has 3 rings (SSSR count). The number of carbonyl (C=O) groups excluding carboxylic acids is 4. The lowest BCUT2D eigenvalue weighted by Gasteiger charge is -2.24. The number of amides is 2. The Hall–Kier alpha value is -4.88. The second-order valence-electron chi connectivity index (χ2n) is 12.8. The molecule has 0 spiro atoms. The predicted molar refractivity (Wildman–Crippen MR) is 186 cm³/mol. The van der Waals surface area contributed by atoms with Gasteiger partial charge in [0.05, 0.1) is 0 Å². The molecule has 0 saturated carbocycles. The summed E-state index contributed by atoms with van der Waals surface area (Å²) in [5.41, 5.74) is 1.95. The first-order valence-electron chi connectivity index (χ1n) is 16.0. The molecule has 0 aliphatic heterocycles. The monoisotopic (exact) mass is 712 g/mol. The number of hydrogen-bond acceptors (Lipinski definition) is 10. The SMILES string of the molecule is C=CCOc1cc(C(=O)N[C@H](Cc2ccc(-c3cccc(Cl)c3)cc2)C[C@@H](O)C(=O)OCOC(=O)[C@@H](NC(=O)OC(C)(C)C)C(C)C)nn1C. The van der Waals surface area contributed by atoms with E-state index in [9.17, 15) is 24.3 Å². The number of carbonyl (C=O) groups is 4. The number of aromatic nitrogens is 2. The average molecular weight is 713 g/mol. The van der Waals surface area contributed by atoms with Gasteiger partial charge < -0.3 is 34.7 Å². The zero-order valence-electron chi connectivity index (χ0n) is 29.1. The smallest absolute Gasteiger partial charge is 0.408 e. The van der Waals surface area contributed by atoms with Gasteiger partial charge in [-0.1, -0.05) is 74.5 Å².